The molecule has 0 saturated carbocycles. The third-order valence-electron chi connectivity index (χ3n) is 1.05. The second-order valence-electron chi connectivity index (χ2n) is 2.24. The molecule has 58 valence electrons. The van der Waals surface area contributed by atoms with Crippen LogP contribution >= 0.6 is 0 Å². The molecule has 0 aromatic heterocycles. The maximum absolute atomic E-state index is 8.88. The molecule has 0 aromatic rings. The van der Waals surface area contributed by atoms with Gasteiger partial charge in [0.25, 0.3) is 0 Å². The predicted molar refractivity (Wildman–Crippen MR) is 41.6 cm³/mol. The molecule has 2 atom stereocenters. The molecule has 2 N–H and O–H groups in total. The van der Waals surface area contributed by atoms with Crippen molar-refractivity contribution in [2.75, 3.05) is 0 Å². The molecule has 0 aliphatic carbocycles. The molecule has 0 spiro atoms. The van der Waals surface area contributed by atoms with Crippen LogP contribution in [0.15, 0.2) is 24.8 Å². The fraction of sp³-hybridized carbons (Fsp3) is 0.500. The summed E-state index contributed by atoms with van der Waals surface area (Å²) in [5, 5.41) is 17.7. The van der Waals surface area contributed by atoms with Gasteiger partial charge in [-0.1, -0.05) is 18.2 Å². The zero-order chi connectivity index (χ0) is 7.98. The minimum absolute atomic E-state index is 0.340. The normalized spacial score (nSPS) is 17.1. The van der Waals surface area contributed by atoms with E-state index in [1.165, 1.54) is 6.08 Å². The molecular formula is C8H14O2. The van der Waals surface area contributed by atoms with Gasteiger partial charge in [-0.2, -0.15) is 0 Å². The van der Waals surface area contributed by atoms with E-state index in [9.17, 15) is 0 Å². The van der Waals surface area contributed by atoms with E-state index in [1.54, 1.807) is 19.1 Å². The summed E-state index contributed by atoms with van der Waals surface area (Å²) >= 11 is 0. The lowest BCUT2D eigenvalue weighted by Crippen LogP contribution is -1.98. The van der Waals surface area contributed by atoms with Crippen LogP contribution in [0.1, 0.15) is 13.3 Å². The van der Waals surface area contributed by atoms with Crippen molar-refractivity contribution in [2.24, 2.45) is 0 Å². The second kappa shape index (κ2) is 5.21. The summed E-state index contributed by atoms with van der Waals surface area (Å²) < 4.78 is 0. The number of rotatable bonds is 4. The van der Waals surface area contributed by atoms with Gasteiger partial charge in [-0.05, 0) is 13.3 Å². The van der Waals surface area contributed by atoms with Crippen LogP contribution in [0.3, 0.4) is 0 Å². The Bertz CT molecular complexity index is 116. The highest BCUT2D eigenvalue weighted by Crippen LogP contribution is 1.93. The molecule has 2 nitrogen and oxygen atoms in total. The van der Waals surface area contributed by atoms with E-state index >= 15 is 0 Å². The summed E-state index contributed by atoms with van der Waals surface area (Å²) in [6.07, 6.45) is 4.41. The van der Waals surface area contributed by atoms with Crippen molar-refractivity contribution in [1.82, 2.24) is 0 Å². The molecule has 0 radical (unpaired) electrons. The van der Waals surface area contributed by atoms with E-state index in [-0.39, 0.29) is 6.10 Å². The van der Waals surface area contributed by atoms with Gasteiger partial charge in [0, 0.05) is 0 Å². The molecule has 0 heterocycles. The number of aliphatic hydroxyl groups excluding tert-OH is 2. The molecule has 10 heavy (non-hydrogen) atoms. The van der Waals surface area contributed by atoms with E-state index < -0.39 is 6.10 Å². The van der Waals surface area contributed by atoms with Crippen molar-refractivity contribution < 1.29 is 10.2 Å². The Kier molecular flexibility index (Phi) is 4.89. The first-order valence-corrected chi connectivity index (χ1v) is 3.32. The lowest BCUT2D eigenvalue weighted by atomic mass is 10.2. The van der Waals surface area contributed by atoms with E-state index in [1.807, 2.05) is 0 Å². The molecular weight excluding hydrogens is 128 g/mol. The topological polar surface area (TPSA) is 40.5 Å². The molecule has 0 bridgehead atoms. The van der Waals surface area contributed by atoms with Crippen molar-refractivity contribution in [3.8, 4) is 0 Å². The molecule has 0 aliphatic rings. The fourth-order valence-corrected chi connectivity index (χ4v) is 0.494. The molecule has 2 heteroatoms. The van der Waals surface area contributed by atoms with Crippen LogP contribution in [0, 0.1) is 0 Å². The smallest absolute Gasteiger partial charge is 0.0900 e. The van der Waals surface area contributed by atoms with E-state index in [0.717, 1.165) is 0 Å². The molecule has 0 rings (SSSR count). The van der Waals surface area contributed by atoms with E-state index in [0.29, 0.717) is 6.42 Å². The Labute approximate surface area is 61.5 Å². The lowest BCUT2D eigenvalue weighted by molar-refractivity contribution is 0.198. The minimum atomic E-state index is -0.584. The second-order valence-corrected chi connectivity index (χ2v) is 2.24. The average molecular weight is 142 g/mol. The average Bonchev–Trinajstić information content (AvgIpc) is 1.87. The highest BCUT2D eigenvalue weighted by molar-refractivity contribution is 4.97. The summed E-state index contributed by atoms with van der Waals surface area (Å²) in [6, 6.07) is 0. The van der Waals surface area contributed by atoms with Crippen LogP contribution in [0.4, 0.5) is 0 Å². The Morgan fingerprint density at radius 1 is 1.50 bits per heavy atom. The van der Waals surface area contributed by atoms with Gasteiger partial charge in [0.05, 0.1) is 12.2 Å². The summed E-state index contributed by atoms with van der Waals surface area (Å²) in [4.78, 5) is 0. The highest BCUT2D eigenvalue weighted by Gasteiger charge is 1.91. The monoisotopic (exact) mass is 142 g/mol. The summed E-state index contributed by atoms with van der Waals surface area (Å²) in [5.74, 6) is 0. The van der Waals surface area contributed by atoms with Crippen LogP contribution in [0.25, 0.3) is 0 Å². The van der Waals surface area contributed by atoms with Gasteiger partial charge < -0.3 is 10.2 Å². The third kappa shape index (κ3) is 5.54. The van der Waals surface area contributed by atoms with Crippen LogP contribution in [-0.2, 0) is 0 Å². The molecule has 0 amide bonds. The maximum atomic E-state index is 8.88. The van der Waals surface area contributed by atoms with Gasteiger partial charge >= 0.3 is 0 Å². The summed E-state index contributed by atoms with van der Waals surface area (Å²) in [5.41, 5.74) is 0. The van der Waals surface area contributed by atoms with Crippen LogP contribution in [0.2, 0.25) is 0 Å². The Morgan fingerprint density at radius 3 is 2.50 bits per heavy atom. The minimum Gasteiger partial charge on any atom is -0.393 e. The Morgan fingerprint density at radius 2 is 2.10 bits per heavy atom. The number of hydrogen-bond acceptors (Lipinski definition) is 2. The van der Waals surface area contributed by atoms with Gasteiger partial charge in [0.15, 0.2) is 0 Å². The van der Waals surface area contributed by atoms with Crippen LogP contribution in [0.5, 0.6) is 0 Å². The lowest BCUT2D eigenvalue weighted by Gasteiger charge is -1.98. The summed E-state index contributed by atoms with van der Waals surface area (Å²) in [7, 11) is 0. The van der Waals surface area contributed by atoms with Crippen molar-refractivity contribution in [1.29, 1.82) is 0 Å². The number of aliphatic hydroxyl groups is 2. The third-order valence-corrected chi connectivity index (χ3v) is 1.05. The van der Waals surface area contributed by atoms with Crippen molar-refractivity contribution >= 4 is 0 Å². The van der Waals surface area contributed by atoms with Gasteiger partial charge in [-0.15, -0.1) is 6.58 Å². The zero-order valence-corrected chi connectivity index (χ0v) is 6.20. The van der Waals surface area contributed by atoms with Crippen molar-refractivity contribution in [2.45, 2.75) is 25.6 Å². The van der Waals surface area contributed by atoms with Gasteiger partial charge in [0.2, 0.25) is 0 Å². The quantitative estimate of drug-likeness (QED) is 0.571. The van der Waals surface area contributed by atoms with Gasteiger partial charge in [-0.25, -0.2) is 0 Å². The maximum Gasteiger partial charge on any atom is 0.0900 e. The standard InChI is InChI=1S/C8H14O2/c1-3-8(10)6-4-5-7(2)9/h3-4,6-10H,1,5H2,2H3. The first-order chi connectivity index (χ1) is 4.66. The molecule has 2 unspecified atom stereocenters. The predicted octanol–water partition coefficient (Wildman–Crippen LogP) is 0.860. The Hall–Kier alpha value is -0.600. The summed E-state index contributed by atoms with van der Waals surface area (Å²) in [6.45, 7) is 5.09. The van der Waals surface area contributed by atoms with Crippen LogP contribution < -0.4 is 0 Å². The molecule has 0 aromatic carbocycles. The first kappa shape index (κ1) is 9.40. The van der Waals surface area contributed by atoms with E-state index in [2.05, 4.69) is 6.58 Å². The SMILES string of the molecule is C=CC(O)C=CCC(C)O. The van der Waals surface area contributed by atoms with Crippen LogP contribution in [-0.4, -0.2) is 22.4 Å². The zero-order valence-electron chi connectivity index (χ0n) is 6.20. The highest BCUT2D eigenvalue weighted by atomic mass is 16.3. The Balaban J connectivity index is 3.45. The molecule has 0 aliphatic heterocycles. The molecule has 0 fully saturated rings. The number of hydrogen-bond donors (Lipinski definition) is 2. The van der Waals surface area contributed by atoms with Crippen molar-refractivity contribution in [3.63, 3.8) is 0 Å². The van der Waals surface area contributed by atoms with Crippen molar-refractivity contribution in [3.05, 3.63) is 24.8 Å². The van der Waals surface area contributed by atoms with E-state index in [4.69, 9.17) is 10.2 Å². The fourth-order valence-electron chi connectivity index (χ4n) is 0.494. The molecule has 0 saturated heterocycles. The largest absolute Gasteiger partial charge is 0.393 e. The van der Waals surface area contributed by atoms with Gasteiger partial charge in [0.1, 0.15) is 0 Å². The van der Waals surface area contributed by atoms with Gasteiger partial charge in [-0.3, -0.25) is 0 Å². The first-order valence-electron chi connectivity index (χ1n) is 3.32.